The van der Waals surface area contributed by atoms with Crippen molar-refractivity contribution in [3.63, 3.8) is 0 Å². The van der Waals surface area contributed by atoms with Gasteiger partial charge in [0.25, 0.3) is 5.69 Å². The van der Waals surface area contributed by atoms with Crippen molar-refractivity contribution in [2.45, 2.75) is 45.8 Å². The maximum absolute atomic E-state index is 11.8. The van der Waals surface area contributed by atoms with Gasteiger partial charge in [-0.3, -0.25) is 10.1 Å². The molecule has 1 atom stereocenters. The minimum atomic E-state index is -0.580. The van der Waals surface area contributed by atoms with E-state index in [1.807, 2.05) is 0 Å². The Bertz CT molecular complexity index is 730. The van der Waals surface area contributed by atoms with Crippen LogP contribution in [-0.4, -0.2) is 22.7 Å². The molecule has 0 saturated carbocycles. The summed E-state index contributed by atoms with van der Waals surface area (Å²) in [4.78, 5) is 22.4. The van der Waals surface area contributed by atoms with E-state index in [9.17, 15) is 14.9 Å². The standard InChI is InChI=1S/C16H20N2O5/c1-10(17-15(19)23-16(2,3)4)7-12-9-13(18(20)21)8-11-5-6-22-14(11)12/h5-6,8-10H,7H2,1-4H3,(H,17,19). The molecule has 0 saturated heterocycles. The molecule has 1 aromatic heterocycles. The molecule has 1 unspecified atom stereocenters. The Morgan fingerprint density at radius 3 is 2.74 bits per heavy atom. The lowest BCUT2D eigenvalue weighted by molar-refractivity contribution is -0.384. The Morgan fingerprint density at radius 2 is 2.13 bits per heavy atom. The number of furan rings is 1. The summed E-state index contributed by atoms with van der Waals surface area (Å²) < 4.78 is 10.6. The van der Waals surface area contributed by atoms with Crippen molar-refractivity contribution in [3.8, 4) is 0 Å². The second-order valence-corrected chi connectivity index (χ2v) is 6.45. The van der Waals surface area contributed by atoms with Gasteiger partial charge in [-0.1, -0.05) is 0 Å². The molecule has 7 heteroatoms. The number of fused-ring (bicyclic) bond motifs is 1. The molecule has 2 rings (SSSR count). The van der Waals surface area contributed by atoms with Crippen molar-refractivity contribution < 1.29 is 18.9 Å². The van der Waals surface area contributed by atoms with Crippen LogP contribution in [0.2, 0.25) is 0 Å². The Morgan fingerprint density at radius 1 is 1.43 bits per heavy atom. The number of nitro groups is 1. The Labute approximate surface area is 133 Å². The first-order valence-electron chi connectivity index (χ1n) is 7.30. The van der Waals surface area contributed by atoms with Crippen molar-refractivity contribution in [1.82, 2.24) is 5.32 Å². The van der Waals surface area contributed by atoms with E-state index in [0.717, 1.165) is 0 Å². The molecule has 0 bridgehead atoms. The molecule has 0 aliphatic heterocycles. The minimum absolute atomic E-state index is 0.00151. The predicted octanol–water partition coefficient (Wildman–Crippen LogP) is 3.80. The van der Waals surface area contributed by atoms with Gasteiger partial charge in [-0.25, -0.2) is 4.79 Å². The molecule has 23 heavy (non-hydrogen) atoms. The van der Waals surface area contributed by atoms with Crippen LogP contribution >= 0.6 is 0 Å². The van der Waals surface area contributed by atoms with Gasteiger partial charge in [0.1, 0.15) is 11.2 Å². The highest BCUT2D eigenvalue weighted by atomic mass is 16.6. The van der Waals surface area contributed by atoms with Crippen molar-refractivity contribution in [3.05, 3.63) is 40.1 Å². The summed E-state index contributed by atoms with van der Waals surface area (Å²) in [6.45, 7) is 7.15. The van der Waals surface area contributed by atoms with Gasteiger partial charge in [-0.2, -0.15) is 0 Å². The van der Waals surface area contributed by atoms with Gasteiger partial charge in [0.15, 0.2) is 0 Å². The molecule has 0 aliphatic carbocycles. The number of carbonyl (C=O) groups excluding carboxylic acids is 1. The molecule has 0 spiro atoms. The Balaban J connectivity index is 2.16. The first-order chi connectivity index (χ1) is 10.7. The van der Waals surface area contributed by atoms with E-state index in [1.165, 1.54) is 18.4 Å². The summed E-state index contributed by atoms with van der Waals surface area (Å²) in [6, 6.07) is 4.35. The van der Waals surface area contributed by atoms with Crippen LogP contribution in [0, 0.1) is 10.1 Å². The number of alkyl carbamates (subject to hydrolysis) is 1. The zero-order valence-electron chi connectivity index (χ0n) is 13.6. The largest absolute Gasteiger partial charge is 0.464 e. The van der Waals surface area contributed by atoms with E-state index in [-0.39, 0.29) is 11.7 Å². The van der Waals surface area contributed by atoms with Crippen LogP contribution in [0.1, 0.15) is 33.3 Å². The molecule has 0 radical (unpaired) electrons. The third-order valence-corrected chi connectivity index (χ3v) is 3.11. The van der Waals surface area contributed by atoms with Gasteiger partial charge < -0.3 is 14.5 Å². The number of nitrogens with one attached hydrogen (secondary N) is 1. The van der Waals surface area contributed by atoms with Crippen molar-refractivity contribution in [1.29, 1.82) is 0 Å². The average molecular weight is 320 g/mol. The van der Waals surface area contributed by atoms with Crippen LogP contribution in [0.4, 0.5) is 10.5 Å². The molecule has 1 N–H and O–H groups in total. The van der Waals surface area contributed by atoms with Gasteiger partial charge in [-0.05, 0) is 40.2 Å². The highest BCUT2D eigenvalue weighted by Crippen LogP contribution is 2.27. The normalized spacial score (nSPS) is 12.9. The molecule has 0 aliphatic rings. The average Bonchev–Trinajstić information content (AvgIpc) is 2.84. The van der Waals surface area contributed by atoms with Gasteiger partial charge >= 0.3 is 6.09 Å². The second-order valence-electron chi connectivity index (χ2n) is 6.45. The van der Waals surface area contributed by atoms with Crippen molar-refractivity contribution in [2.75, 3.05) is 0 Å². The van der Waals surface area contributed by atoms with E-state index in [4.69, 9.17) is 9.15 Å². The van der Waals surface area contributed by atoms with E-state index >= 15 is 0 Å². The van der Waals surface area contributed by atoms with E-state index in [1.54, 1.807) is 33.8 Å². The van der Waals surface area contributed by atoms with Crippen LogP contribution in [0.25, 0.3) is 11.0 Å². The molecule has 1 aromatic carbocycles. The fourth-order valence-corrected chi connectivity index (χ4v) is 2.29. The van der Waals surface area contributed by atoms with Gasteiger partial charge in [-0.15, -0.1) is 0 Å². The smallest absolute Gasteiger partial charge is 0.407 e. The van der Waals surface area contributed by atoms with Gasteiger partial charge in [0, 0.05) is 29.1 Å². The van der Waals surface area contributed by atoms with E-state index in [2.05, 4.69) is 5.32 Å². The van der Waals surface area contributed by atoms with E-state index in [0.29, 0.717) is 23.0 Å². The molecular weight excluding hydrogens is 300 g/mol. The Hall–Kier alpha value is -2.57. The predicted molar refractivity (Wildman–Crippen MR) is 85.4 cm³/mol. The van der Waals surface area contributed by atoms with Crippen LogP contribution in [0.3, 0.4) is 0 Å². The van der Waals surface area contributed by atoms with Crippen LogP contribution in [0.15, 0.2) is 28.9 Å². The lowest BCUT2D eigenvalue weighted by Crippen LogP contribution is -2.38. The molecule has 1 heterocycles. The summed E-state index contributed by atoms with van der Waals surface area (Å²) in [6.07, 6.45) is 1.36. The number of ether oxygens (including phenoxy) is 1. The van der Waals surface area contributed by atoms with Gasteiger partial charge in [0.05, 0.1) is 11.2 Å². The number of benzene rings is 1. The third-order valence-electron chi connectivity index (χ3n) is 3.11. The quantitative estimate of drug-likeness (QED) is 0.683. The van der Waals surface area contributed by atoms with Gasteiger partial charge in [0.2, 0.25) is 0 Å². The number of amides is 1. The fraction of sp³-hybridized carbons (Fsp3) is 0.438. The maximum atomic E-state index is 11.8. The summed E-state index contributed by atoms with van der Waals surface area (Å²) in [7, 11) is 0. The minimum Gasteiger partial charge on any atom is -0.464 e. The highest BCUT2D eigenvalue weighted by Gasteiger charge is 2.20. The highest BCUT2D eigenvalue weighted by molar-refractivity contribution is 5.83. The van der Waals surface area contributed by atoms with E-state index < -0.39 is 16.6 Å². The molecule has 2 aromatic rings. The number of non-ortho nitro benzene ring substituents is 1. The lowest BCUT2D eigenvalue weighted by Gasteiger charge is -2.22. The Kier molecular flexibility index (Phi) is 4.58. The van der Waals surface area contributed by atoms with Crippen molar-refractivity contribution in [2.24, 2.45) is 0 Å². The summed E-state index contributed by atoms with van der Waals surface area (Å²) in [5.74, 6) is 0. The fourth-order valence-electron chi connectivity index (χ4n) is 2.29. The number of hydrogen-bond donors (Lipinski definition) is 1. The van der Waals surface area contributed by atoms with Crippen LogP contribution in [0.5, 0.6) is 0 Å². The number of hydrogen-bond acceptors (Lipinski definition) is 5. The molecule has 7 nitrogen and oxygen atoms in total. The second kappa shape index (κ2) is 6.28. The zero-order chi connectivity index (χ0) is 17.2. The van der Waals surface area contributed by atoms with Crippen LogP contribution in [-0.2, 0) is 11.2 Å². The number of nitro benzene ring substituents is 1. The van der Waals surface area contributed by atoms with Crippen LogP contribution < -0.4 is 5.32 Å². The number of carbonyl (C=O) groups is 1. The molecule has 0 fully saturated rings. The van der Waals surface area contributed by atoms with Crippen molar-refractivity contribution >= 4 is 22.7 Å². The topological polar surface area (TPSA) is 94.6 Å². The first kappa shape index (κ1) is 16.8. The summed E-state index contributed by atoms with van der Waals surface area (Å²) in [5.41, 5.74) is 0.679. The zero-order valence-corrected chi connectivity index (χ0v) is 13.6. The number of nitrogens with zero attached hydrogens (tertiary/aromatic N) is 1. The SMILES string of the molecule is CC(Cc1cc([N+](=O)[O-])cc2ccoc12)NC(=O)OC(C)(C)C. The first-order valence-corrected chi connectivity index (χ1v) is 7.30. The molecule has 1 amide bonds. The monoisotopic (exact) mass is 320 g/mol. The molecule has 124 valence electrons. The summed E-state index contributed by atoms with van der Waals surface area (Å²) in [5, 5.41) is 14.4. The number of rotatable bonds is 4. The lowest BCUT2D eigenvalue weighted by atomic mass is 10.0. The third kappa shape index (κ3) is 4.45. The molecular formula is C16H20N2O5. The summed E-state index contributed by atoms with van der Waals surface area (Å²) >= 11 is 0. The maximum Gasteiger partial charge on any atom is 0.407 e.